The maximum absolute atomic E-state index is 5.64. The molecule has 11 heavy (non-hydrogen) atoms. The van der Waals surface area contributed by atoms with Gasteiger partial charge in [0.15, 0.2) is 0 Å². The van der Waals surface area contributed by atoms with Crippen LogP contribution in [0.5, 0.6) is 0 Å². The molecule has 0 aromatic carbocycles. The van der Waals surface area contributed by atoms with Crippen molar-refractivity contribution in [2.24, 2.45) is 5.73 Å². The van der Waals surface area contributed by atoms with Crippen molar-refractivity contribution in [2.45, 2.75) is 19.4 Å². The molecule has 0 aliphatic carbocycles. The zero-order chi connectivity index (χ0) is 8.27. The van der Waals surface area contributed by atoms with E-state index in [1.54, 1.807) is 6.20 Å². The number of nitrogens with zero attached hydrogens (tertiary/aromatic N) is 1. The predicted octanol–water partition coefficient (Wildman–Crippen LogP) is 1.73. The van der Waals surface area contributed by atoms with Crippen molar-refractivity contribution in [3.05, 3.63) is 28.5 Å². The Labute approximate surface area is 75.0 Å². The van der Waals surface area contributed by atoms with Crippen molar-refractivity contribution >= 4 is 15.9 Å². The molecule has 0 unspecified atom stereocenters. The van der Waals surface area contributed by atoms with Gasteiger partial charge >= 0.3 is 0 Å². The molecular formula is C8H11BrN2. The van der Waals surface area contributed by atoms with Crippen LogP contribution in [-0.4, -0.2) is 11.0 Å². The van der Waals surface area contributed by atoms with Gasteiger partial charge in [0.1, 0.15) is 4.60 Å². The lowest BCUT2D eigenvalue weighted by atomic mass is 10.1. The molecule has 1 atom stereocenters. The van der Waals surface area contributed by atoms with E-state index < -0.39 is 0 Å². The van der Waals surface area contributed by atoms with Gasteiger partial charge in [-0.05, 0) is 40.9 Å². The molecule has 2 N–H and O–H groups in total. The molecule has 1 rings (SSSR count). The van der Waals surface area contributed by atoms with Crippen LogP contribution in [0.2, 0.25) is 0 Å². The van der Waals surface area contributed by atoms with Gasteiger partial charge in [-0.2, -0.15) is 0 Å². The molecule has 0 saturated carbocycles. The number of hydrogen-bond acceptors (Lipinski definition) is 2. The highest BCUT2D eigenvalue weighted by Crippen LogP contribution is 2.13. The molecule has 0 aliphatic heterocycles. The minimum Gasteiger partial charge on any atom is -0.328 e. The van der Waals surface area contributed by atoms with Crippen LogP contribution in [0.1, 0.15) is 12.5 Å². The lowest BCUT2D eigenvalue weighted by molar-refractivity contribution is 0.733. The third kappa shape index (κ3) is 2.60. The normalized spacial score (nSPS) is 13.0. The first-order valence-electron chi connectivity index (χ1n) is 3.55. The minimum absolute atomic E-state index is 0.190. The standard InChI is InChI=1S/C8H11BrN2/c1-6(10)5-7-3-2-4-11-8(7)9/h2-4,6H,5,10H2,1H3/t6-/m1/s1. The van der Waals surface area contributed by atoms with Crippen LogP contribution in [0.4, 0.5) is 0 Å². The number of nitrogens with two attached hydrogens (primary N) is 1. The molecule has 0 bridgehead atoms. The summed E-state index contributed by atoms with van der Waals surface area (Å²) in [6.45, 7) is 1.99. The molecule has 1 aromatic rings. The van der Waals surface area contributed by atoms with E-state index in [2.05, 4.69) is 20.9 Å². The second kappa shape index (κ2) is 3.83. The van der Waals surface area contributed by atoms with Gasteiger partial charge in [0.05, 0.1) is 0 Å². The lowest BCUT2D eigenvalue weighted by Crippen LogP contribution is -2.18. The lowest BCUT2D eigenvalue weighted by Gasteiger charge is -2.05. The zero-order valence-electron chi connectivity index (χ0n) is 6.42. The Morgan fingerprint density at radius 1 is 1.73 bits per heavy atom. The zero-order valence-corrected chi connectivity index (χ0v) is 8.01. The third-order valence-corrected chi connectivity index (χ3v) is 2.09. The van der Waals surface area contributed by atoms with Crippen molar-refractivity contribution in [3.8, 4) is 0 Å². The van der Waals surface area contributed by atoms with Crippen molar-refractivity contribution in [3.63, 3.8) is 0 Å². The van der Waals surface area contributed by atoms with Crippen LogP contribution in [0.3, 0.4) is 0 Å². The summed E-state index contributed by atoms with van der Waals surface area (Å²) in [4.78, 5) is 4.09. The average molecular weight is 215 g/mol. The number of aromatic nitrogens is 1. The fourth-order valence-corrected chi connectivity index (χ4v) is 1.33. The van der Waals surface area contributed by atoms with Crippen LogP contribution in [-0.2, 0) is 6.42 Å². The van der Waals surface area contributed by atoms with Crippen LogP contribution < -0.4 is 5.73 Å². The summed E-state index contributed by atoms with van der Waals surface area (Å²) in [5.74, 6) is 0. The van der Waals surface area contributed by atoms with E-state index in [-0.39, 0.29) is 6.04 Å². The molecule has 0 fully saturated rings. The Balaban J connectivity index is 2.78. The highest BCUT2D eigenvalue weighted by molar-refractivity contribution is 9.10. The van der Waals surface area contributed by atoms with E-state index >= 15 is 0 Å². The predicted molar refractivity (Wildman–Crippen MR) is 49.3 cm³/mol. The van der Waals surface area contributed by atoms with E-state index in [9.17, 15) is 0 Å². The van der Waals surface area contributed by atoms with Crippen LogP contribution >= 0.6 is 15.9 Å². The first-order chi connectivity index (χ1) is 5.20. The molecule has 0 aliphatic rings. The number of halogens is 1. The molecule has 1 heterocycles. The highest BCUT2D eigenvalue weighted by atomic mass is 79.9. The van der Waals surface area contributed by atoms with Gasteiger partial charge in [-0.25, -0.2) is 4.98 Å². The van der Waals surface area contributed by atoms with Crippen molar-refractivity contribution in [1.82, 2.24) is 4.98 Å². The third-order valence-electron chi connectivity index (χ3n) is 1.38. The Morgan fingerprint density at radius 2 is 2.45 bits per heavy atom. The second-order valence-corrected chi connectivity index (χ2v) is 3.39. The SMILES string of the molecule is C[C@@H](N)Cc1cccnc1Br. The fraction of sp³-hybridized carbons (Fsp3) is 0.375. The van der Waals surface area contributed by atoms with Gasteiger partial charge < -0.3 is 5.73 Å². The summed E-state index contributed by atoms with van der Waals surface area (Å²) < 4.78 is 0.900. The number of hydrogen-bond donors (Lipinski definition) is 1. The Hall–Kier alpha value is -0.410. The van der Waals surface area contributed by atoms with E-state index in [0.29, 0.717) is 0 Å². The van der Waals surface area contributed by atoms with Crippen molar-refractivity contribution in [2.75, 3.05) is 0 Å². The van der Waals surface area contributed by atoms with Crippen LogP contribution in [0.15, 0.2) is 22.9 Å². The van der Waals surface area contributed by atoms with E-state index in [1.807, 2.05) is 19.1 Å². The van der Waals surface area contributed by atoms with Crippen molar-refractivity contribution < 1.29 is 0 Å². The largest absolute Gasteiger partial charge is 0.328 e. The summed E-state index contributed by atoms with van der Waals surface area (Å²) in [5.41, 5.74) is 6.81. The smallest absolute Gasteiger partial charge is 0.109 e. The summed E-state index contributed by atoms with van der Waals surface area (Å²) in [6.07, 6.45) is 2.63. The molecule has 60 valence electrons. The first kappa shape index (κ1) is 8.68. The van der Waals surface area contributed by atoms with Crippen molar-refractivity contribution in [1.29, 1.82) is 0 Å². The number of rotatable bonds is 2. The Kier molecular flexibility index (Phi) is 3.02. The van der Waals surface area contributed by atoms with E-state index in [4.69, 9.17) is 5.73 Å². The second-order valence-electron chi connectivity index (χ2n) is 2.63. The summed E-state index contributed by atoms with van der Waals surface area (Å²) in [5, 5.41) is 0. The quantitative estimate of drug-likeness (QED) is 0.763. The summed E-state index contributed by atoms with van der Waals surface area (Å²) >= 11 is 3.36. The maximum atomic E-state index is 5.64. The Bertz CT molecular complexity index is 235. The van der Waals surface area contributed by atoms with E-state index in [1.165, 1.54) is 5.56 Å². The average Bonchev–Trinajstić information content (AvgIpc) is 1.93. The van der Waals surface area contributed by atoms with Gasteiger partial charge in [0.2, 0.25) is 0 Å². The molecule has 0 radical (unpaired) electrons. The molecule has 1 aromatic heterocycles. The maximum Gasteiger partial charge on any atom is 0.109 e. The molecule has 0 spiro atoms. The Morgan fingerprint density at radius 3 is 3.00 bits per heavy atom. The van der Waals surface area contributed by atoms with Gasteiger partial charge in [0.25, 0.3) is 0 Å². The minimum atomic E-state index is 0.190. The van der Waals surface area contributed by atoms with Gasteiger partial charge in [-0.3, -0.25) is 0 Å². The van der Waals surface area contributed by atoms with Crippen LogP contribution in [0.25, 0.3) is 0 Å². The highest BCUT2D eigenvalue weighted by Gasteiger charge is 2.01. The molecule has 0 amide bonds. The molecule has 2 nitrogen and oxygen atoms in total. The number of pyridine rings is 1. The summed E-state index contributed by atoms with van der Waals surface area (Å²) in [6, 6.07) is 4.14. The van der Waals surface area contributed by atoms with Gasteiger partial charge in [0, 0.05) is 12.2 Å². The van der Waals surface area contributed by atoms with Gasteiger partial charge in [-0.1, -0.05) is 6.07 Å². The monoisotopic (exact) mass is 214 g/mol. The fourth-order valence-electron chi connectivity index (χ4n) is 0.918. The van der Waals surface area contributed by atoms with Crippen LogP contribution in [0, 0.1) is 0 Å². The molecular weight excluding hydrogens is 204 g/mol. The van der Waals surface area contributed by atoms with Gasteiger partial charge in [-0.15, -0.1) is 0 Å². The first-order valence-corrected chi connectivity index (χ1v) is 4.34. The molecule has 0 saturated heterocycles. The topological polar surface area (TPSA) is 38.9 Å². The molecule has 3 heteroatoms. The summed E-state index contributed by atoms with van der Waals surface area (Å²) in [7, 11) is 0. The van der Waals surface area contributed by atoms with E-state index in [0.717, 1.165) is 11.0 Å².